The molecule has 136 valence electrons. The summed E-state index contributed by atoms with van der Waals surface area (Å²) in [7, 11) is 0. The first-order valence-electron chi connectivity index (χ1n) is 8.99. The van der Waals surface area contributed by atoms with Gasteiger partial charge in [0.25, 0.3) is 0 Å². The fraction of sp³-hybridized carbons (Fsp3) is 0.824. The summed E-state index contributed by atoms with van der Waals surface area (Å²) in [6.45, 7) is 4.86. The van der Waals surface area contributed by atoms with Crippen LogP contribution in [0.3, 0.4) is 0 Å². The highest BCUT2D eigenvalue weighted by Crippen LogP contribution is 2.19. The van der Waals surface area contributed by atoms with Crippen molar-refractivity contribution in [1.29, 1.82) is 0 Å². The van der Waals surface area contributed by atoms with Crippen LogP contribution in [0.4, 0.5) is 4.79 Å². The number of nitrogens with one attached hydrogen (secondary N) is 1. The fourth-order valence-electron chi connectivity index (χ4n) is 3.57. The Kier molecular flexibility index (Phi) is 6.87. The van der Waals surface area contributed by atoms with Crippen molar-refractivity contribution in [1.82, 2.24) is 15.1 Å². The van der Waals surface area contributed by atoms with Gasteiger partial charge in [0, 0.05) is 32.1 Å². The lowest BCUT2D eigenvalue weighted by atomic mass is 10.0. The summed E-state index contributed by atoms with van der Waals surface area (Å²) >= 11 is 0. The van der Waals surface area contributed by atoms with Crippen LogP contribution in [0.2, 0.25) is 0 Å². The molecule has 2 rings (SSSR count). The van der Waals surface area contributed by atoms with Crippen LogP contribution in [0.1, 0.15) is 52.4 Å². The maximum absolute atomic E-state index is 12.2. The summed E-state index contributed by atoms with van der Waals surface area (Å²) in [4.78, 5) is 39.2. The van der Waals surface area contributed by atoms with Crippen molar-refractivity contribution < 1.29 is 19.1 Å². The predicted octanol–water partition coefficient (Wildman–Crippen LogP) is 1.51. The lowest BCUT2D eigenvalue weighted by molar-refractivity contribution is -0.137. The molecule has 7 nitrogen and oxygen atoms in total. The van der Waals surface area contributed by atoms with Gasteiger partial charge in [-0.25, -0.2) is 4.79 Å². The third-order valence-corrected chi connectivity index (χ3v) is 4.87. The number of rotatable bonds is 5. The smallest absolute Gasteiger partial charge is 0.409 e. The summed E-state index contributed by atoms with van der Waals surface area (Å²) in [6, 6.07) is 0.263. The molecule has 0 radical (unpaired) electrons. The van der Waals surface area contributed by atoms with Crippen LogP contribution in [0.25, 0.3) is 0 Å². The highest BCUT2D eigenvalue weighted by Gasteiger charge is 2.30. The van der Waals surface area contributed by atoms with E-state index < -0.39 is 0 Å². The summed E-state index contributed by atoms with van der Waals surface area (Å²) in [6.07, 6.45) is 5.43. The van der Waals surface area contributed by atoms with E-state index in [0.29, 0.717) is 32.5 Å². The number of ether oxygens (including phenoxy) is 1. The van der Waals surface area contributed by atoms with Gasteiger partial charge >= 0.3 is 6.09 Å². The van der Waals surface area contributed by atoms with Gasteiger partial charge < -0.3 is 19.9 Å². The van der Waals surface area contributed by atoms with Crippen LogP contribution >= 0.6 is 0 Å². The Labute approximate surface area is 143 Å². The quantitative estimate of drug-likeness (QED) is 0.823. The molecule has 24 heavy (non-hydrogen) atoms. The monoisotopic (exact) mass is 339 g/mol. The Bertz CT molecular complexity index is 455. The number of hydrogen-bond acceptors (Lipinski definition) is 4. The standard InChI is InChI=1S/C17H29N3O4/c1-3-24-17(23)19-10-8-15(9-11-19)20(13(2)21)12-16(22)18-14-6-4-5-7-14/h14-15H,3-12H2,1-2H3,(H,18,22). The Morgan fingerprint density at radius 3 is 2.29 bits per heavy atom. The minimum atomic E-state index is -0.302. The molecule has 1 aliphatic heterocycles. The first-order valence-corrected chi connectivity index (χ1v) is 8.99. The number of likely N-dealkylation sites (tertiary alicyclic amines) is 1. The molecule has 3 amide bonds. The van der Waals surface area contributed by atoms with Crippen molar-refractivity contribution in [3.05, 3.63) is 0 Å². The average Bonchev–Trinajstić information content (AvgIpc) is 3.05. The second kappa shape index (κ2) is 8.89. The lowest BCUT2D eigenvalue weighted by Gasteiger charge is -2.37. The summed E-state index contributed by atoms with van der Waals surface area (Å²) in [5.41, 5.74) is 0. The van der Waals surface area contributed by atoms with E-state index in [1.54, 1.807) is 16.7 Å². The molecule has 1 heterocycles. The molecule has 0 atom stereocenters. The molecule has 1 N–H and O–H groups in total. The van der Waals surface area contributed by atoms with Crippen molar-refractivity contribution in [2.75, 3.05) is 26.2 Å². The van der Waals surface area contributed by atoms with E-state index in [1.165, 1.54) is 6.92 Å². The Morgan fingerprint density at radius 1 is 1.12 bits per heavy atom. The molecule has 7 heteroatoms. The average molecular weight is 339 g/mol. The molecule has 0 spiro atoms. The highest BCUT2D eigenvalue weighted by molar-refractivity contribution is 5.84. The Balaban J connectivity index is 1.83. The SMILES string of the molecule is CCOC(=O)N1CCC(N(CC(=O)NC2CCCC2)C(C)=O)CC1. The summed E-state index contributed by atoms with van der Waals surface area (Å²) < 4.78 is 5.01. The van der Waals surface area contributed by atoms with Gasteiger partial charge in [0.15, 0.2) is 0 Å². The van der Waals surface area contributed by atoms with Crippen molar-refractivity contribution >= 4 is 17.9 Å². The van der Waals surface area contributed by atoms with Crippen molar-refractivity contribution in [3.63, 3.8) is 0 Å². The van der Waals surface area contributed by atoms with Crippen molar-refractivity contribution in [2.24, 2.45) is 0 Å². The second-order valence-corrected chi connectivity index (χ2v) is 6.61. The summed E-state index contributed by atoms with van der Waals surface area (Å²) in [5.74, 6) is -0.170. The number of carbonyl (C=O) groups is 3. The fourth-order valence-corrected chi connectivity index (χ4v) is 3.57. The summed E-state index contributed by atoms with van der Waals surface area (Å²) in [5, 5.41) is 3.03. The highest BCUT2D eigenvalue weighted by atomic mass is 16.6. The minimum Gasteiger partial charge on any atom is -0.450 e. The molecule has 0 aromatic carbocycles. The van der Waals surface area contributed by atoms with Gasteiger partial charge in [-0.2, -0.15) is 0 Å². The first kappa shape index (κ1) is 18.5. The molecule has 0 aromatic heterocycles. The van der Waals surface area contributed by atoms with E-state index in [4.69, 9.17) is 4.74 Å². The molecule has 2 aliphatic rings. The van der Waals surface area contributed by atoms with Gasteiger partial charge in [-0.3, -0.25) is 9.59 Å². The molecule has 0 bridgehead atoms. The number of hydrogen-bond donors (Lipinski definition) is 1. The first-order chi connectivity index (χ1) is 11.5. The van der Waals surface area contributed by atoms with Crippen LogP contribution < -0.4 is 5.32 Å². The molecule has 0 aromatic rings. The second-order valence-electron chi connectivity index (χ2n) is 6.61. The Morgan fingerprint density at radius 2 is 1.75 bits per heavy atom. The van der Waals surface area contributed by atoms with E-state index in [-0.39, 0.29) is 36.5 Å². The molecule has 1 saturated carbocycles. The van der Waals surface area contributed by atoms with E-state index >= 15 is 0 Å². The van der Waals surface area contributed by atoms with E-state index in [2.05, 4.69) is 5.32 Å². The number of nitrogens with zero attached hydrogens (tertiary/aromatic N) is 2. The third kappa shape index (κ3) is 5.11. The zero-order valence-electron chi connectivity index (χ0n) is 14.8. The van der Waals surface area contributed by atoms with Crippen LogP contribution in [-0.2, 0) is 14.3 Å². The molecule has 2 fully saturated rings. The maximum atomic E-state index is 12.2. The zero-order chi connectivity index (χ0) is 17.5. The lowest BCUT2D eigenvalue weighted by Crippen LogP contribution is -2.51. The van der Waals surface area contributed by atoms with Crippen LogP contribution in [-0.4, -0.2) is 66.0 Å². The normalized spacial score (nSPS) is 19.2. The molecule has 0 unspecified atom stereocenters. The van der Waals surface area contributed by atoms with Gasteiger partial charge in [0.05, 0.1) is 13.2 Å². The molecular weight excluding hydrogens is 310 g/mol. The van der Waals surface area contributed by atoms with Crippen LogP contribution in [0, 0.1) is 0 Å². The maximum Gasteiger partial charge on any atom is 0.409 e. The third-order valence-electron chi connectivity index (χ3n) is 4.87. The largest absolute Gasteiger partial charge is 0.450 e. The van der Waals surface area contributed by atoms with Gasteiger partial charge in [-0.05, 0) is 32.6 Å². The van der Waals surface area contributed by atoms with E-state index in [1.807, 2.05) is 0 Å². The molecular formula is C17H29N3O4. The Hall–Kier alpha value is -1.79. The van der Waals surface area contributed by atoms with E-state index in [9.17, 15) is 14.4 Å². The number of piperidine rings is 1. The number of carbonyl (C=O) groups excluding carboxylic acids is 3. The number of amides is 3. The van der Waals surface area contributed by atoms with Gasteiger partial charge in [-0.1, -0.05) is 12.8 Å². The minimum absolute atomic E-state index is 0.00232. The molecule has 1 aliphatic carbocycles. The van der Waals surface area contributed by atoms with Crippen LogP contribution in [0.5, 0.6) is 0 Å². The zero-order valence-corrected chi connectivity index (χ0v) is 14.8. The van der Waals surface area contributed by atoms with E-state index in [0.717, 1.165) is 25.7 Å². The van der Waals surface area contributed by atoms with Gasteiger partial charge in [0.2, 0.25) is 11.8 Å². The predicted molar refractivity (Wildman–Crippen MR) is 89.4 cm³/mol. The van der Waals surface area contributed by atoms with Crippen molar-refractivity contribution in [3.8, 4) is 0 Å². The topological polar surface area (TPSA) is 79.0 Å². The van der Waals surface area contributed by atoms with Crippen LogP contribution in [0.15, 0.2) is 0 Å². The van der Waals surface area contributed by atoms with Gasteiger partial charge in [-0.15, -0.1) is 0 Å². The van der Waals surface area contributed by atoms with Crippen molar-refractivity contribution in [2.45, 2.75) is 64.5 Å². The molecule has 1 saturated heterocycles. The van der Waals surface area contributed by atoms with Gasteiger partial charge in [0.1, 0.15) is 0 Å².